The molecule has 37 heavy (non-hydrogen) atoms. The van der Waals surface area contributed by atoms with Gasteiger partial charge in [0.2, 0.25) is 0 Å². The molecule has 0 radical (unpaired) electrons. The average Bonchev–Trinajstić information content (AvgIpc) is 2.82. The van der Waals surface area contributed by atoms with Crippen LogP contribution in [0.4, 0.5) is 0 Å². The molecule has 1 rings (SSSR count). The van der Waals surface area contributed by atoms with Gasteiger partial charge in [0, 0.05) is 0 Å². The van der Waals surface area contributed by atoms with Crippen LogP contribution in [0.5, 0.6) is 5.75 Å². The normalized spacial score (nSPS) is 12.5. The molecule has 1 atom stereocenters. The number of hydrogen-bond acceptors (Lipinski definition) is 2. The topological polar surface area (TPSA) is 57.5 Å². The smallest absolute Gasteiger partial charge is 0.306 e. The number of carbonyl (C=O) groups is 1. The van der Waals surface area contributed by atoms with Crippen LogP contribution >= 0.6 is 0 Å². The van der Waals surface area contributed by atoms with Gasteiger partial charge >= 0.3 is 5.97 Å². The summed E-state index contributed by atoms with van der Waals surface area (Å²) in [5.74, 6) is 0.285. The van der Waals surface area contributed by atoms with Gasteiger partial charge in [0.15, 0.2) is 0 Å². The summed E-state index contributed by atoms with van der Waals surface area (Å²) >= 11 is 0. The first-order chi connectivity index (χ1) is 17.7. The minimum absolute atomic E-state index is 0.342. The number of hydrogen-bond donors (Lipinski definition) is 2. The predicted molar refractivity (Wildman–Crippen MR) is 160 cm³/mol. The van der Waals surface area contributed by atoms with Crippen molar-refractivity contribution >= 4 is 5.97 Å². The Morgan fingerprint density at radius 3 is 1.38 bits per heavy atom. The molecule has 0 fully saturated rings. The van der Waals surface area contributed by atoms with E-state index in [2.05, 4.69) is 46.8 Å². The Balaban J connectivity index is 2.34. The molecule has 0 aliphatic rings. The molecule has 0 aliphatic carbocycles. The number of carboxylic acids is 1. The van der Waals surface area contributed by atoms with Crippen LogP contribution in [-0.2, 0) is 24.1 Å². The van der Waals surface area contributed by atoms with Crippen molar-refractivity contribution in [3.05, 3.63) is 28.8 Å². The molecule has 1 unspecified atom stereocenters. The van der Waals surface area contributed by atoms with Crippen molar-refractivity contribution in [2.45, 2.75) is 157 Å². The fraction of sp³-hybridized carbons (Fsp3) is 0.794. The number of aromatic hydroxyl groups is 1. The van der Waals surface area contributed by atoms with E-state index in [4.69, 9.17) is 0 Å². The zero-order valence-electron chi connectivity index (χ0n) is 25.1. The Kier molecular flexibility index (Phi) is 18.5. The van der Waals surface area contributed by atoms with Gasteiger partial charge in [-0.3, -0.25) is 4.79 Å². The molecule has 0 aliphatic heterocycles. The molecule has 0 amide bonds. The summed E-state index contributed by atoms with van der Waals surface area (Å²) in [5.41, 5.74) is 3.01. The number of rotatable bonds is 23. The maximum Gasteiger partial charge on any atom is 0.306 e. The Morgan fingerprint density at radius 1 is 0.649 bits per heavy atom. The minimum atomic E-state index is -0.686. The number of unbranched alkanes of at least 4 members (excludes halogenated alkanes) is 14. The van der Waals surface area contributed by atoms with Crippen molar-refractivity contribution in [1.29, 1.82) is 0 Å². The van der Waals surface area contributed by atoms with Gasteiger partial charge < -0.3 is 10.2 Å². The third-order valence-corrected chi connectivity index (χ3v) is 7.57. The van der Waals surface area contributed by atoms with Gasteiger partial charge in [0.1, 0.15) is 5.75 Å². The van der Waals surface area contributed by atoms with Gasteiger partial charge in [-0.2, -0.15) is 0 Å². The van der Waals surface area contributed by atoms with Crippen LogP contribution in [0.1, 0.15) is 154 Å². The van der Waals surface area contributed by atoms with E-state index < -0.39 is 5.97 Å². The van der Waals surface area contributed by atoms with Crippen LogP contribution in [0.25, 0.3) is 0 Å². The third kappa shape index (κ3) is 16.1. The van der Waals surface area contributed by atoms with E-state index in [0.717, 1.165) is 48.8 Å². The largest absolute Gasteiger partial charge is 0.507 e. The highest BCUT2D eigenvalue weighted by Crippen LogP contribution is 2.31. The highest BCUT2D eigenvalue weighted by molar-refractivity contribution is 5.70. The maximum atomic E-state index is 12.0. The summed E-state index contributed by atoms with van der Waals surface area (Å²) in [6.07, 6.45) is 22.8. The van der Waals surface area contributed by atoms with Crippen molar-refractivity contribution in [2.75, 3.05) is 0 Å². The van der Waals surface area contributed by atoms with Crippen molar-refractivity contribution in [1.82, 2.24) is 0 Å². The van der Waals surface area contributed by atoms with E-state index in [1.54, 1.807) is 0 Å². The second-order valence-electron chi connectivity index (χ2n) is 12.4. The highest BCUT2D eigenvalue weighted by Gasteiger charge is 2.20. The lowest BCUT2D eigenvalue weighted by atomic mass is 9.88. The van der Waals surface area contributed by atoms with E-state index >= 15 is 0 Å². The maximum absolute atomic E-state index is 12.0. The Morgan fingerprint density at radius 2 is 1.03 bits per heavy atom. The molecular formula is C34H60O3. The zero-order chi connectivity index (χ0) is 27.5. The van der Waals surface area contributed by atoms with E-state index in [1.165, 1.54) is 83.5 Å². The summed E-state index contributed by atoms with van der Waals surface area (Å²) in [6, 6.07) is 4.11. The van der Waals surface area contributed by atoms with E-state index in [1.807, 2.05) is 0 Å². The summed E-state index contributed by atoms with van der Waals surface area (Å²) < 4.78 is 0. The average molecular weight is 517 g/mol. The predicted octanol–water partition coefficient (Wildman–Crippen LogP) is 10.3. The first-order valence-electron chi connectivity index (χ1n) is 15.8. The summed E-state index contributed by atoms with van der Waals surface area (Å²) in [4.78, 5) is 12.0. The van der Waals surface area contributed by atoms with Gasteiger partial charge in [-0.15, -0.1) is 0 Å². The lowest BCUT2D eigenvalue weighted by Gasteiger charge is -2.18. The molecule has 0 spiro atoms. The van der Waals surface area contributed by atoms with E-state index in [0.29, 0.717) is 24.0 Å². The Hall–Kier alpha value is -1.51. The Bertz CT molecular complexity index is 691. The van der Waals surface area contributed by atoms with Gasteiger partial charge in [-0.05, 0) is 54.2 Å². The number of carboxylic acid groups (broad SMARTS) is 1. The lowest BCUT2D eigenvalue weighted by Crippen LogP contribution is -2.17. The summed E-state index contributed by atoms with van der Waals surface area (Å²) in [7, 11) is 0. The summed E-state index contributed by atoms with van der Waals surface area (Å²) in [6.45, 7) is 10.9. The van der Waals surface area contributed by atoms with Crippen molar-refractivity contribution in [3.8, 4) is 5.75 Å². The first-order valence-corrected chi connectivity index (χ1v) is 15.8. The monoisotopic (exact) mass is 516 g/mol. The van der Waals surface area contributed by atoms with Crippen LogP contribution in [0.2, 0.25) is 0 Å². The molecule has 0 aromatic heterocycles. The molecule has 2 N–H and O–H groups in total. The van der Waals surface area contributed by atoms with Gasteiger partial charge in [-0.1, -0.05) is 143 Å². The molecule has 1 aromatic rings. The molecule has 0 heterocycles. The number of aliphatic carboxylic acids is 1. The fourth-order valence-corrected chi connectivity index (χ4v) is 5.50. The molecular weight excluding hydrogens is 456 g/mol. The molecule has 214 valence electrons. The second kappa shape index (κ2) is 20.5. The number of phenols is 1. The quantitative estimate of drug-likeness (QED) is 0.142. The van der Waals surface area contributed by atoms with Crippen LogP contribution in [0.3, 0.4) is 0 Å². The van der Waals surface area contributed by atoms with Gasteiger partial charge in [0.05, 0.1) is 5.92 Å². The van der Waals surface area contributed by atoms with Crippen LogP contribution < -0.4 is 0 Å². The van der Waals surface area contributed by atoms with Crippen LogP contribution in [-0.4, -0.2) is 16.2 Å². The van der Waals surface area contributed by atoms with Gasteiger partial charge in [-0.25, -0.2) is 0 Å². The fourth-order valence-electron chi connectivity index (χ4n) is 5.50. The highest BCUT2D eigenvalue weighted by atomic mass is 16.4. The molecule has 3 nitrogen and oxygen atoms in total. The molecule has 0 saturated carbocycles. The SMILES string of the molecule is CCCCCCCCCCCCCCCCCC(Cc1cc(CC(C)C)c(O)c(CC(C)C)c1)C(=O)O. The van der Waals surface area contributed by atoms with Crippen molar-refractivity contribution < 1.29 is 15.0 Å². The van der Waals surface area contributed by atoms with Gasteiger partial charge in [0.25, 0.3) is 0 Å². The molecule has 0 saturated heterocycles. The minimum Gasteiger partial charge on any atom is -0.507 e. The number of phenolic OH excluding ortho intramolecular Hbond substituents is 1. The van der Waals surface area contributed by atoms with Crippen LogP contribution in [0, 0.1) is 17.8 Å². The van der Waals surface area contributed by atoms with E-state index in [-0.39, 0.29) is 5.92 Å². The molecule has 1 aromatic carbocycles. The second-order valence-corrected chi connectivity index (χ2v) is 12.4. The zero-order valence-corrected chi connectivity index (χ0v) is 25.1. The van der Waals surface area contributed by atoms with Crippen LogP contribution in [0.15, 0.2) is 12.1 Å². The first kappa shape index (κ1) is 33.5. The Labute approximate surface area is 229 Å². The summed E-state index contributed by atoms with van der Waals surface area (Å²) in [5, 5.41) is 20.7. The molecule has 0 bridgehead atoms. The van der Waals surface area contributed by atoms with Crippen molar-refractivity contribution in [3.63, 3.8) is 0 Å². The van der Waals surface area contributed by atoms with E-state index in [9.17, 15) is 15.0 Å². The third-order valence-electron chi connectivity index (χ3n) is 7.57. The lowest BCUT2D eigenvalue weighted by molar-refractivity contribution is -0.142. The number of benzene rings is 1. The van der Waals surface area contributed by atoms with Crippen molar-refractivity contribution in [2.24, 2.45) is 17.8 Å². The standard InChI is InChI=1S/C34H60O3/c1-6-7-8-9-10-11-12-13-14-15-16-17-18-19-20-21-30(34(36)37)24-29-25-31(22-27(2)3)33(35)32(26-29)23-28(4)5/h25-28,30,35H,6-24H2,1-5H3,(H,36,37). The molecule has 3 heteroatoms.